The van der Waals surface area contributed by atoms with Crippen LogP contribution < -0.4 is 5.73 Å². The van der Waals surface area contributed by atoms with Crippen molar-refractivity contribution >= 4 is 23.1 Å². The maximum absolute atomic E-state index is 12.3. The lowest BCUT2D eigenvalue weighted by Crippen LogP contribution is -2.03. The molecule has 0 aromatic carbocycles. The van der Waals surface area contributed by atoms with Gasteiger partial charge in [-0.05, 0) is 9.91 Å². The van der Waals surface area contributed by atoms with Crippen molar-refractivity contribution in [2.75, 3.05) is 5.73 Å². The minimum atomic E-state index is -2.97. The second-order valence-electron chi connectivity index (χ2n) is 2.31. The molecule has 0 aliphatic heterocycles. The van der Waals surface area contributed by atoms with Gasteiger partial charge in [-0.1, -0.05) is 11.6 Å². The van der Waals surface area contributed by atoms with Crippen LogP contribution in [0.25, 0.3) is 0 Å². The maximum atomic E-state index is 12.3. The van der Waals surface area contributed by atoms with Crippen molar-refractivity contribution in [2.24, 2.45) is 0 Å². The topological polar surface area (TPSA) is 82.0 Å². The molecule has 0 bridgehead atoms. The van der Waals surface area contributed by atoms with E-state index in [1.165, 1.54) is 0 Å². The Labute approximate surface area is 81.6 Å². The number of nitrogens with two attached hydrogens (primary N) is 1. The summed E-state index contributed by atoms with van der Waals surface area (Å²) in [5.41, 5.74) is 3.66. The summed E-state index contributed by atoms with van der Waals surface area (Å²) in [6.45, 7) is 0. The normalized spacial score (nSPS) is 10.6. The molecule has 0 aliphatic carbocycles. The van der Waals surface area contributed by atoms with Crippen LogP contribution in [0.15, 0.2) is 6.20 Å². The Morgan fingerprint density at radius 1 is 1.64 bits per heavy atom. The van der Waals surface area contributed by atoms with Gasteiger partial charge in [0.25, 0.3) is 6.43 Å². The number of rotatable bonds is 2. The van der Waals surface area contributed by atoms with E-state index in [0.717, 1.165) is 6.20 Å². The van der Waals surface area contributed by atoms with Gasteiger partial charge in [-0.2, -0.15) is 0 Å². The third-order valence-corrected chi connectivity index (χ3v) is 1.78. The monoisotopic (exact) mass is 223 g/mol. The average Bonchev–Trinajstić information content (AvgIpc) is 2.02. The number of pyridine rings is 1. The van der Waals surface area contributed by atoms with Crippen molar-refractivity contribution in [1.82, 2.24) is 4.98 Å². The highest BCUT2D eigenvalue weighted by molar-refractivity contribution is 6.31. The van der Waals surface area contributed by atoms with E-state index in [9.17, 15) is 18.9 Å². The predicted molar refractivity (Wildman–Crippen MR) is 45.3 cm³/mol. The summed E-state index contributed by atoms with van der Waals surface area (Å²) >= 11 is 5.36. The molecule has 76 valence electrons. The van der Waals surface area contributed by atoms with E-state index in [-0.39, 0.29) is 5.02 Å². The van der Waals surface area contributed by atoms with E-state index in [2.05, 4.69) is 4.98 Å². The molecule has 5 nitrogen and oxygen atoms in total. The minimum Gasteiger partial charge on any atom is -0.391 e. The molecule has 0 spiro atoms. The highest BCUT2D eigenvalue weighted by atomic mass is 35.5. The lowest BCUT2D eigenvalue weighted by Gasteiger charge is -2.05. The molecule has 1 rings (SSSR count). The largest absolute Gasteiger partial charge is 0.391 e. The summed E-state index contributed by atoms with van der Waals surface area (Å²) in [7, 11) is 0. The highest BCUT2D eigenvalue weighted by Crippen LogP contribution is 2.35. The number of alkyl halides is 2. The van der Waals surface area contributed by atoms with Crippen LogP contribution in [0.1, 0.15) is 12.0 Å². The molecule has 0 fully saturated rings. The summed E-state index contributed by atoms with van der Waals surface area (Å²) in [5.74, 6) is -0.815. The molecule has 0 aliphatic rings. The van der Waals surface area contributed by atoms with E-state index in [1.54, 1.807) is 0 Å². The number of aromatic nitrogens is 1. The highest BCUT2D eigenvalue weighted by Gasteiger charge is 2.25. The fraction of sp³-hybridized carbons (Fsp3) is 0.167. The first kappa shape index (κ1) is 10.6. The van der Waals surface area contributed by atoms with Crippen LogP contribution in [0.3, 0.4) is 0 Å². The van der Waals surface area contributed by atoms with E-state index < -0.39 is 28.4 Å². The Kier molecular flexibility index (Phi) is 2.80. The van der Waals surface area contributed by atoms with Crippen LogP contribution in [0.5, 0.6) is 0 Å². The van der Waals surface area contributed by atoms with E-state index >= 15 is 0 Å². The second kappa shape index (κ2) is 3.70. The zero-order valence-corrected chi connectivity index (χ0v) is 7.33. The molecule has 0 amide bonds. The summed E-state index contributed by atoms with van der Waals surface area (Å²) in [4.78, 5) is 12.6. The lowest BCUT2D eigenvalue weighted by atomic mass is 10.2. The molecule has 1 aromatic heterocycles. The van der Waals surface area contributed by atoms with Crippen molar-refractivity contribution in [1.29, 1.82) is 0 Å². The Bertz CT molecular complexity index is 386. The van der Waals surface area contributed by atoms with Gasteiger partial charge in [-0.3, -0.25) is 0 Å². The molecular weight excluding hydrogens is 220 g/mol. The van der Waals surface area contributed by atoms with Gasteiger partial charge < -0.3 is 15.8 Å². The molecule has 0 unspecified atom stereocenters. The van der Waals surface area contributed by atoms with Crippen molar-refractivity contribution in [2.45, 2.75) is 6.43 Å². The first-order chi connectivity index (χ1) is 6.45. The SMILES string of the molecule is Nc1c([N+](=O)[O-])ncc(Cl)c1C(F)F. The summed E-state index contributed by atoms with van der Waals surface area (Å²) < 4.78 is 24.6. The van der Waals surface area contributed by atoms with Crippen LogP contribution in [0.2, 0.25) is 5.02 Å². The Morgan fingerprint density at radius 2 is 2.21 bits per heavy atom. The molecule has 2 N–H and O–H groups in total. The second-order valence-corrected chi connectivity index (χ2v) is 2.72. The Morgan fingerprint density at radius 3 is 2.64 bits per heavy atom. The summed E-state index contributed by atoms with van der Waals surface area (Å²) in [6.07, 6.45) is -2.19. The number of nitro groups is 1. The number of hydrogen-bond acceptors (Lipinski definition) is 4. The Hall–Kier alpha value is -1.50. The zero-order chi connectivity index (χ0) is 10.9. The van der Waals surface area contributed by atoms with Gasteiger partial charge in [-0.25, -0.2) is 8.78 Å². The maximum Gasteiger partial charge on any atom is 0.387 e. The van der Waals surface area contributed by atoms with E-state index in [4.69, 9.17) is 17.3 Å². The van der Waals surface area contributed by atoms with Crippen LogP contribution in [-0.4, -0.2) is 9.91 Å². The van der Waals surface area contributed by atoms with Crippen LogP contribution in [0.4, 0.5) is 20.3 Å². The van der Waals surface area contributed by atoms with Gasteiger partial charge >= 0.3 is 5.82 Å². The minimum absolute atomic E-state index is 0.386. The third kappa shape index (κ3) is 1.72. The Balaban J connectivity index is 3.41. The average molecular weight is 224 g/mol. The first-order valence-corrected chi connectivity index (χ1v) is 3.69. The number of nitrogens with zero attached hydrogens (tertiary/aromatic N) is 2. The third-order valence-electron chi connectivity index (χ3n) is 1.48. The van der Waals surface area contributed by atoms with Crippen molar-refractivity contribution in [3.8, 4) is 0 Å². The fourth-order valence-corrected chi connectivity index (χ4v) is 1.11. The van der Waals surface area contributed by atoms with Crippen LogP contribution in [0, 0.1) is 10.1 Å². The molecule has 0 atom stereocenters. The molecule has 8 heteroatoms. The number of anilines is 1. The molecule has 0 saturated heterocycles. The molecule has 1 heterocycles. The van der Waals surface area contributed by atoms with Crippen molar-refractivity contribution < 1.29 is 13.7 Å². The quantitative estimate of drug-likeness (QED) is 0.615. The summed E-state index contributed by atoms with van der Waals surface area (Å²) in [5, 5.41) is 9.90. The number of hydrogen-bond donors (Lipinski definition) is 1. The van der Waals surface area contributed by atoms with Gasteiger partial charge in [0, 0.05) is 0 Å². The van der Waals surface area contributed by atoms with Crippen LogP contribution in [-0.2, 0) is 0 Å². The van der Waals surface area contributed by atoms with Gasteiger partial charge in [0.15, 0.2) is 6.20 Å². The first-order valence-electron chi connectivity index (χ1n) is 3.31. The molecule has 0 radical (unpaired) electrons. The van der Waals surface area contributed by atoms with Crippen LogP contribution >= 0.6 is 11.6 Å². The molecule has 1 aromatic rings. The zero-order valence-electron chi connectivity index (χ0n) is 6.58. The lowest BCUT2D eigenvalue weighted by molar-refractivity contribution is -0.388. The van der Waals surface area contributed by atoms with E-state index in [1.807, 2.05) is 0 Å². The number of nitrogen functional groups attached to an aromatic ring is 1. The van der Waals surface area contributed by atoms with Gasteiger partial charge in [0.2, 0.25) is 0 Å². The predicted octanol–water partition coefficient (Wildman–Crippen LogP) is 2.16. The smallest absolute Gasteiger partial charge is 0.387 e. The number of halogens is 3. The molecule has 14 heavy (non-hydrogen) atoms. The fourth-order valence-electron chi connectivity index (χ4n) is 0.873. The molecule has 0 saturated carbocycles. The summed E-state index contributed by atoms with van der Waals surface area (Å²) in [6, 6.07) is 0. The van der Waals surface area contributed by atoms with Crippen molar-refractivity contribution in [3.63, 3.8) is 0 Å². The van der Waals surface area contributed by atoms with E-state index in [0.29, 0.717) is 0 Å². The standard InChI is InChI=1S/C6H4ClF2N3O2/c7-2-1-11-6(12(13)14)4(10)3(2)5(8)9/h1,5H,10H2. The van der Waals surface area contributed by atoms with Crippen molar-refractivity contribution in [3.05, 3.63) is 26.9 Å². The van der Waals surface area contributed by atoms with Gasteiger partial charge in [0.05, 0.1) is 10.6 Å². The van der Waals surface area contributed by atoms with Gasteiger partial charge in [0.1, 0.15) is 5.69 Å². The molecular formula is C6H4ClF2N3O2. The van der Waals surface area contributed by atoms with Gasteiger partial charge in [-0.15, -0.1) is 0 Å².